The molecule has 1 aromatic heterocycles. The van der Waals surface area contributed by atoms with Gasteiger partial charge in [-0.1, -0.05) is 19.8 Å². The van der Waals surface area contributed by atoms with Gasteiger partial charge in [0.2, 0.25) is 11.8 Å². The highest BCUT2D eigenvalue weighted by Crippen LogP contribution is 2.48. The van der Waals surface area contributed by atoms with Crippen LogP contribution < -0.4 is 10.1 Å². The Hall–Kier alpha value is -2.09. The summed E-state index contributed by atoms with van der Waals surface area (Å²) in [4.78, 5) is 26.5. The summed E-state index contributed by atoms with van der Waals surface area (Å²) in [6.45, 7) is 4.06. The summed E-state index contributed by atoms with van der Waals surface area (Å²) in [7, 11) is 1.51. The van der Waals surface area contributed by atoms with E-state index in [2.05, 4.69) is 17.4 Å². The van der Waals surface area contributed by atoms with Crippen LogP contribution >= 0.6 is 0 Å². The van der Waals surface area contributed by atoms with Crippen molar-refractivity contribution in [1.29, 1.82) is 0 Å². The SMILES string of the molecule is COc1cc(CCC(=O)NC[C@H]2C[C@@]3(C)[C@@H](O)CCCC[C@H]3N2C(C)=O)on1. The number of nitrogens with one attached hydrogen (secondary N) is 1. The lowest BCUT2D eigenvalue weighted by Gasteiger charge is -2.37. The lowest BCUT2D eigenvalue weighted by Crippen LogP contribution is -2.48. The Morgan fingerprint density at radius 3 is 2.86 bits per heavy atom. The third-order valence-corrected chi connectivity index (χ3v) is 6.38. The predicted molar refractivity (Wildman–Crippen MR) is 102 cm³/mol. The fourth-order valence-corrected chi connectivity index (χ4v) is 4.86. The molecule has 1 aromatic rings. The molecular formula is C20H31N3O5. The maximum Gasteiger partial charge on any atom is 0.254 e. The Bertz CT molecular complexity index is 706. The normalized spacial score (nSPS) is 29.9. The Balaban J connectivity index is 1.58. The van der Waals surface area contributed by atoms with Crippen molar-refractivity contribution in [3.63, 3.8) is 0 Å². The number of methoxy groups -OCH3 is 1. The first-order valence-electron chi connectivity index (χ1n) is 10.1. The average Bonchev–Trinajstić information content (AvgIpc) is 3.20. The standard InChI is InChI=1S/C20H31N3O5/c1-13(24)23-14(11-20(2)16(23)6-4-5-7-17(20)25)12-21-18(26)9-8-15-10-19(27-3)22-28-15/h10,14,16-17,25H,4-9,11-12H2,1-3H3,(H,21,26)/t14-,16-,17+,20-/m1/s1. The number of fused-ring (bicyclic) bond motifs is 1. The first-order chi connectivity index (χ1) is 13.3. The molecule has 2 N–H and O–H groups in total. The molecule has 0 bridgehead atoms. The van der Waals surface area contributed by atoms with E-state index in [4.69, 9.17) is 9.26 Å². The molecule has 4 atom stereocenters. The predicted octanol–water partition coefficient (Wildman–Crippen LogP) is 1.66. The van der Waals surface area contributed by atoms with E-state index >= 15 is 0 Å². The van der Waals surface area contributed by atoms with Crippen molar-refractivity contribution in [1.82, 2.24) is 15.4 Å². The number of aryl methyl sites for hydroxylation is 1. The first-order valence-corrected chi connectivity index (χ1v) is 10.1. The van der Waals surface area contributed by atoms with E-state index in [1.54, 1.807) is 13.0 Å². The molecule has 0 radical (unpaired) electrons. The second-order valence-electron chi connectivity index (χ2n) is 8.25. The minimum atomic E-state index is -0.413. The number of carbonyl (C=O) groups excluding carboxylic acids is 2. The van der Waals surface area contributed by atoms with Crippen molar-refractivity contribution in [2.24, 2.45) is 5.41 Å². The quantitative estimate of drug-likeness (QED) is 0.762. The number of carbonyl (C=O) groups is 2. The number of amides is 2. The Morgan fingerprint density at radius 2 is 2.18 bits per heavy atom. The molecule has 1 aliphatic carbocycles. The number of aliphatic hydroxyl groups excluding tert-OH is 1. The monoisotopic (exact) mass is 393 g/mol. The second kappa shape index (κ2) is 8.51. The minimum absolute atomic E-state index is 0.0100. The molecule has 3 rings (SSSR count). The van der Waals surface area contributed by atoms with Crippen molar-refractivity contribution in [2.45, 2.75) is 77.0 Å². The summed E-state index contributed by atoms with van der Waals surface area (Å²) in [5, 5.41) is 17.4. The van der Waals surface area contributed by atoms with E-state index in [1.807, 2.05) is 4.90 Å². The van der Waals surface area contributed by atoms with Gasteiger partial charge in [0.15, 0.2) is 0 Å². The van der Waals surface area contributed by atoms with E-state index in [9.17, 15) is 14.7 Å². The van der Waals surface area contributed by atoms with E-state index in [0.717, 1.165) is 25.7 Å². The van der Waals surface area contributed by atoms with Gasteiger partial charge in [-0.05, 0) is 24.4 Å². The van der Waals surface area contributed by atoms with Gasteiger partial charge >= 0.3 is 0 Å². The Morgan fingerprint density at radius 1 is 1.43 bits per heavy atom. The van der Waals surface area contributed by atoms with Gasteiger partial charge in [-0.25, -0.2) is 0 Å². The molecule has 0 spiro atoms. The van der Waals surface area contributed by atoms with Gasteiger partial charge in [0.25, 0.3) is 5.88 Å². The molecule has 28 heavy (non-hydrogen) atoms. The van der Waals surface area contributed by atoms with Gasteiger partial charge in [0, 0.05) is 43.8 Å². The summed E-state index contributed by atoms with van der Waals surface area (Å²) in [6.07, 6.45) is 4.69. The van der Waals surface area contributed by atoms with Crippen LogP contribution in [0.5, 0.6) is 5.88 Å². The van der Waals surface area contributed by atoms with Gasteiger partial charge in [-0.15, -0.1) is 0 Å². The van der Waals surface area contributed by atoms with Crippen LogP contribution in [-0.4, -0.2) is 58.8 Å². The molecule has 8 heteroatoms. The van der Waals surface area contributed by atoms with Crippen LogP contribution in [0, 0.1) is 5.41 Å². The fraction of sp³-hybridized carbons (Fsp3) is 0.750. The van der Waals surface area contributed by atoms with Crippen LogP contribution in [-0.2, 0) is 16.0 Å². The maximum absolute atomic E-state index is 12.4. The number of hydrogen-bond donors (Lipinski definition) is 2. The first kappa shape index (κ1) is 20.6. The number of nitrogens with zero attached hydrogens (tertiary/aromatic N) is 2. The van der Waals surface area contributed by atoms with Gasteiger partial charge < -0.3 is 24.6 Å². The highest BCUT2D eigenvalue weighted by molar-refractivity contribution is 5.77. The lowest BCUT2D eigenvalue weighted by atomic mass is 9.75. The largest absolute Gasteiger partial charge is 0.479 e. The van der Waals surface area contributed by atoms with Crippen LogP contribution in [0.4, 0.5) is 0 Å². The van der Waals surface area contributed by atoms with Crippen LogP contribution in [0.15, 0.2) is 10.6 Å². The summed E-state index contributed by atoms with van der Waals surface area (Å²) in [5.41, 5.74) is -0.312. The molecule has 0 aromatic carbocycles. The molecule has 1 saturated heterocycles. The molecule has 1 aliphatic heterocycles. The van der Waals surface area contributed by atoms with Crippen molar-refractivity contribution in [3.05, 3.63) is 11.8 Å². The third kappa shape index (κ3) is 4.16. The highest BCUT2D eigenvalue weighted by Gasteiger charge is 2.53. The zero-order valence-corrected chi connectivity index (χ0v) is 16.9. The van der Waals surface area contributed by atoms with E-state index < -0.39 is 6.10 Å². The molecule has 1 saturated carbocycles. The number of aliphatic hydroxyl groups is 1. The van der Waals surface area contributed by atoms with E-state index in [1.165, 1.54) is 7.11 Å². The number of rotatable bonds is 6. The zero-order valence-electron chi connectivity index (χ0n) is 16.9. The van der Waals surface area contributed by atoms with Crippen molar-refractivity contribution < 1.29 is 24.0 Å². The third-order valence-electron chi connectivity index (χ3n) is 6.38. The van der Waals surface area contributed by atoms with Crippen LogP contribution in [0.3, 0.4) is 0 Å². The van der Waals surface area contributed by atoms with Crippen molar-refractivity contribution in [3.8, 4) is 5.88 Å². The number of likely N-dealkylation sites (tertiary alicyclic amines) is 1. The molecular weight excluding hydrogens is 362 g/mol. The van der Waals surface area contributed by atoms with Crippen molar-refractivity contribution >= 4 is 11.8 Å². The average molecular weight is 393 g/mol. The minimum Gasteiger partial charge on any atom is -0.479 e. The smallest absolute Gasteiger partial charge is 0.254 e. The van der Waals surface area contributed by atoms with E-state index in [0.29, 0.717) is 31.0 Å². The second-order valence-corrected chi connectivity index (χ2v) is 8.25. The highest BCUT2D eigenvalue weighted by atomic mass is 16.5. The van der Waals surface area contributed by atoms with Gasteiger partial charge in [-0.2, -0.15) is 0 Å². The van der Waals surface area contributed by atoms with Crippen LogP contribution in [0.25, 0.3) is 0 Å². The molecule has 8 nitrogen and oxygen atoms in total. The molecule has 2 heterocycles. The Labute approximate surface area is 165 Å². The molecule has 0 unspecified atom stereocenters. The number of ether oxygens (including phenoxy) is 1. The fourth-order valence-electron chi connectivity index (χ4n) is 4.86. The van der Waals surface area contributed by atoms with Crippen molar-refractivity contribution in [2.75, 3.05) is 13.7 Å². The van der Waals surface area contributed by atoms with Crippen LogP contribution in [0.2, 0.25) is 0 Å². The lowest BCUT2D eigenvalue weighted by molar-refractivity contribution is -0.134. The summed E-state index contributed by atoms with van der Waals surface area (Å²) < 4.78 is 10.1. The van der Waals surface area contributed by atoms with Gasteiger partial charge in [-0.3, -0.25) is 9.59 Å². The zero-order chi connectivity index (χ0) is 20.3. The summed E-state index contributed by atoms with van der Waals surface area (Å²) in [5.74, 6) is 0.896. The Kier molecular flexibility index (Phi) is 6.27. The maximum atomic E-state index is 12.4. The van der Waals surface area contributed by atoms with Gasteiger partial charge in [0.05, 0.1) is 19.3 Å². The topological polar surface area (TPSA) is 105 Å². The number of aromatic nitrogens is 1. The van der Waals surface area contributed by atoms with Crippen LogP contribution in [0.1, 0.15) is 58.1 Å². The molecule has 2 amide bonds. The van der Waals surface area contributed by atoms with E-state index in [-0.39, 0.29) is 35.7 Å². The van der Waals surface area contributed by atoms with Gasteiger partial charge in [0.1, 0.15) is 5.76 Å². The molecule has 2 fully saturated rings. The summed E-state index contributed by atoms with van der Waals surface area (Å²) >= 11 is 0. The number of hydrogen-bond acceptors (Lipinski definition) is 6. The molecule has 156 valence electrons. The summed E-state index contributed by atoms with van der Waals surface area (Å²) in [6, 6.07) is 1.61. The molecule has 2 aliphatic rings.